The molecule has 0 aromatic heterocycles. The molecule has 94 valence electrons. The Balaban J connectivity index is 3.21. The zero-order chi connectivity index (χ0) is 12.2. The number of hydrogen-bond acceptors (Lipinski definition) is 2. The summed E-state index contributed by atoms with van der Waals surface area (Å²) in [4.78, 5) is 11.1. The van der Waals surface area contributed by atoms with Crippen molar-refractivity contribution in [1.29, 1.82) is 0 Å². The maximum Gasteiger partial charge on any atom is 0.330 e. The van der Waals surface area contributed by atoms with Gasteiger partial charge in [0.05, 0.1) is 6.61 Å². The lowest BCUT2D eigenvalue weighted by atomic mass is 10.1. The van der Waals surface area contributed by atoms with Crippen molar-refractivity contribution in [3.63, 3.8) is 0 Å². The van der Waals surface area contributed by atoms with Crippen molar-refractivity contribution in [2.45, 2.75) is 52.4 Å². The van der Waals surface area contributed by atoms with Crippen molar-refractivity contribution in [1.82, 2.24) is 0 Å². The Morgan fingerprint density at radius 1 is 1.06 bits per heavy atom. The highest BCUT2D eigenvalue weighted by atomic mass is 35.5. The molecule has 0 aromatic rings. The summed E-state index contributed by atoms with van der Waals surface area (Å²) in [6.45, 7) is 4.31. The maximum absolute atomic E-state index is 11.1. The SMILES string of the molecule is CC(C)=CC(=O)OCCCCCCCCCl. The van der Waals surface area contributed by atoms with Crippen LogP contribution in [-0.2, 0) is 9.53 Å². The van der Waals surface area contributed by atoms with Crippen molar-refractivity contribution in [3.05, 3.63) is 11.6 Å². The van der Waals surface area contributed by atoms with E-state index < -0.39 is 0 Å². The number of halogens is 1. The molecule has 0 heterocycles. The number of carbonyl (C=O) groups is 1. The molecule has 0 atom stereocenters. The molecule has 0 unspecified atom stereocenters. The lowest BCUT2D eigenvalue weighted by Gasteiger charge is -2.02. The first-order valence-corrected chi connectivity index (χ1v) is 6.58. The molecule has 0 aromatic carbocycles. The van der Waals surface area contributed by atoms with Crippen molar-refractivity contribution >= 4 is 17.6 Å². The van der Waals surface area contributed by atoms with E-state index in [-0.39, 0.29) is 5.97 Å². The quantitative estimate of drug-likeness (QED) is 0.265. The highest BCUT2D eigenvalue weighted by Gasteiger charge is 1.97. The number of allylic oxidation sites excluding steroid dienone is 1. The molecule has 16 heavy (non-hydrogen) atoms. The van der Waals surface area contributed by atoms with Crippen LogP contribution in [0.5, 0.6) is 0 Å². The predicted molar refractivity (Wildman–Crippen MR) is 68.8 cm³/mol. The molecular weight excluding hydrogens is 224 g/mol. The van der Waals surface area contributed by atoms with Crippen LogP contribution in [-0.4, -0.2) is 18.5 Å². The van der Waals surface area contributed by atoms with Crippen molar-refractivity contribution in [2.24, 2.45) is 0 Å². The molecule has 3 heteroatoms. The number of unbranched alkanes of at least 4 members (excludes halogenated alkanes) is 5. The maximum atomic E-state index is 11.1. The summed E-state index contributed by atoms with van der Waals surface area (Å²) in [5.41, 5.74) is 0.978. The van der Waals surface area contributed by atoms with Crippen molar-refractivity contribution in [2.75, 3.05) is 12.5 Å². The van der Waals surface area contributed by atoms with E-state index in [2.05, 4.69) is 0 Å². The van der Waals surface area contributed by atoms with Gasteiger partial charge in [0.15, 0.2) is 0 Å². The van der Waals surface area contributed by atoms with E-state index in [1.54, 1.807) is 0 Å². The number of alkyl halides is 1. The fourth-order valence-electron chi connectivity index (χ4n) is 1.35. The summed E-state index contributed by atoms with van der Waals surface area (Å²) in [5, 5.41) is 0. The van der Waals surface area contributed by atoms with E-state index in [1.807, 2.05) is 13.8 Å². The van der Waals surface area contributed by atoms with E-state index in [1.165, 1.54) is 25.3 Å². The Bertz CT molecular complexity index is 208. The number of carbonyl (C=O) groups excluding carboxylic acids is 1. The lowest BCUT2D eigenvalue weighted by Crippen LogP contribution is -2.02. The minimum Gasteiger partial charge on any atom is -0.463 e. The van der Waals surface area contributed by atoms with Gasteiger partial charge in [-0.15, -0.1) is 11.6 Å². The van der Waals surface area contributed by atoms with E-state index in [9.17, 15) is 4.79 Å². The van der Waals surface area contributed by atoms with Crippen LogP contribution in [0.3, 0.4) is 0 Å². The molecule has 0 aliphatic carbocycles. The summed E-state index contributed by atoms with van der Waals surface area (Å²) < 4.78 is 5.04. The van der Waals surface area contributed by atoms with Gasteiger partial charge in [-0.25, -0.2) is 4.79 Å². The second-order valence-corrected chi connectivity index (χ2v) is 4.58. The van der Waals surface area contributed by atoms with Gasteiger partial charge >= 0.3 is 5.97 Å². The highest BCUT2D eigenvalue weighted by molar-refractivity contribution is 6.17. The largest absolute Gasteiger partial charge is 0.463 e. The Labute approximate surface area is 104 Å². The number of hydrogen-bond donors (Lipinski definition) is 0. The van der Waals surface area contributed by atoms with Crippen LogP contribution in [0, 0.1) is 0 Å². The second-order valence-electron chi connectivity index (χ2n) is 4.20. The molecule has 0 bridgehead atoms. The molecule has 0 fully saturated rings. The topological polar surface area (TPSA) is 26.3 Å². The summed E-state index contributed by atoms with van der Waals surface area (Å²) in [5.74, 6) is 0.544. The van der Waals surface area contributed by atoms with Gasteiger partial charge in [-0.2, -0.15) is 0 Å². The average Bonchev–Trinajstić information content (AvgIpc) is 2.21. The molecule has 2 nitrogen and oxygen atoms in total. The van der Waals surface area contributed by atoms with Crippen LogP contribution in [0.4, 0.5) is 0 Å². The Kier molecular flexibility index (Phi) is 10.7. The van der Waals surface area contributed by atoms with Crippen molar-refractivity contribution < 1.29 is 9.53 Å². The Hall–Kier alpha value is -0.500. The molecule has 0 radical (unpaired) electrons. The Morgan fingerprint density at radius 3 is 2.19 bits per heavy atom. The summed E-state index contributed by atoms with van der Waals surface area (Å²) >= 11 is 5.58. The third-order valence-corrected chi connectivity index (χ3v) is 2.45. The normalized spacial score (nSPS) is 9.94. The van der Waals surface area contributed by atoms with Crippen LogP contribution in [0.15, 0.2) is 11.6 Å². The minimum atomic E-state index is -0.220. The van der Waals surface area contributed by atoms with Gasteiger partial charge < -0.3 is 4.74 Å². The van der Waals surface area contributed by atoms with Crippen LogP contribution in [0.25, 0.3) is 0 Å². The molecule has 0 amide bonds. The molecule has 0 rings (SSSR count). The van der Waals surface area contributed by atoms with Gasteiger partial charge in [0, 0.05) is 12.0 Å². The van der Waals surface area contributed by atoms with Crippen LogP contribution in [0.2, 0.25) is 0 Å². The van der Waals surface area contributed by atoms with E-state index in [0.29, 0.717) is 6.61 Å². The van der Waals surface area contributed by atoms with Gasteiger partial charge in [-0.3, -0.25) is 0 Å². The van der Waals surface area contributed by atoms with Gasteiger partial charge in [0.2, 0.25) is 0 Å². The van der Waals surface area contributed by atoms with Crippen molar-refractivity contribution in [3.8, 4) is 0 Å². The molecule has 0 N–H and O–H groups in total. The van der Waals surface area contributed by atoms with Gasteiger partial charge in [0.1, 0.15) is 0 Å². The number of esters is 1. The minimum absolute atomic E-state index is 0.220. The fourth-order valence-corrected chi connectivity index (χ4v) is 1.54. The van der Waals surface area contributed by atoms with Gasteiger partial charge in [-0.1, -0.05) is 31.3 Å². The first-order valence-electron chi connectivity index (χ1n) is 6.04. The zero-order valence-corrected chi connectivity index (χ0v) is 11.2. The third kappa shape index (κ3) is 11.6. The standard InChI is InChI=1S/C13H23ClO2/c1-12(2)11-13(15)16-10-8-6-4-3-5-7-9-14/h11H,3-10H2,1-2H3. The predicted octanol–water partition coefficient (Wildman–Crippen LogP) is 4.08. The smallest absolute Gasteiger partial charge is 0.330 e. The molecule has 0 spiro atoms. The lowest BCUT2D eigenvalue weighted by molar-refractivity contribution is -0.137. The summed E-state index contributed by atoms with van der Waals surface area (Å²) in [7, 11) is 0. The molecule has 0 aliphatic rings. The molecule has 0 saturated carbocycles. The summed E-state index contributed by atoms with van der Waals surface area (Å²) in [6.07, 6.45) is 8.37. The summed E-state index contributed by atoms with van der Waals surface area (Å²) in [6, 6.07) is 0. The fraction of sp³-hybridized carbons (Fsp3) is 0.769. The van der Waals surface area contributed by atoms with E-state index in [0.717, 1.165) is 30.7 Å². The van der Waals surface area contributed by atoms with Crippen LogP contribution in [0.1, 0.15) is 52.4 Å². The third-order valence-electron chi connectivity index (χ3n) is 2.18. The number of rotatable bonds is 9. The van der Waals surface area contributed by atoms with Crippen LogP contribution < -0.4 is 0 Å². The van der Waals surface area contributed by atoms with Crippen LogP contribution >= 0.6 is 11.6 Å². The van der Waals surface area contributed by atoms with Gasteiger partial charge in [0.25, 0.3) is 0 Å². The molecule has 0 saturated heterocycles. The zero-order valence-electron chi connectivity index (χ0n) is 10.4. The first-order chi connectivity index (χ1) is 7.66. The van der Waals surface area contributed by atoms with Gasteiger partial charge in [-0.05, 0) is 26.7 Å². The average molecular weight is 247 g/mol. The first kappa shape index (κ1) is 15.5. The monoisotopic (exact) mass is 246 g/mol. The molecule has 0 aliphatic heterocycles. The second kappa shape index (κ2) is 11.0. The van der Waals surface area contributed by atoms with E-state index >= 15 is 0 Å². The Morgan fingerprint density at radius 2 is 1.62 bits per heavy atom. The highest BCUT2D eigenvalue weighted by Crippen LogP contribution is 2.06. The van der Waals surface area contributed by atoms with E-state index in [4.69, 9.17) is 16.3 Å². The number of ether oxygens (including phenoxy) is 1. The molecular formula is C13H23ClO2.